The molecule has 0 fully saturated rings. The standard InChI is InChI=1S/C24H20ClN5O4/c1-3-34-18-8-6-17(7-9-18)29-27-21-12-15(2)20(14-22(21)28-29)26-24(31)11-5-16-4-10-19(25)23(13-16)30(32)33/h4-14H,3H2,1-2H3,(H,26,31)/b11-5+. The number of amides is 1. The third kappa shape index (κ3) is 5.05. The molecule has 4 aromatic rings. The topological polar surface area (TPSA) is 112 Å². The Morgan fingerprint density at radius 1 is 1.15 bits per heavy atom. The second kappa shape index (κ2) is 9.72. The molecule has 4 rings (SSSR count). The number of aromatic nitrogens is 3. The number of anilines is 1. The second-order valence-corrected chi connectivity index (χ2v) is 7.77. The molecule has 0 radical (unpaired) electrons. The number of nitro benzene ring substituents is 1. The largest absolute Gasteiger partial charge is 0.494 e. The number of carbonyl (C=O) groups excluding carboxylic acids is 1. The van der Waals surface area contributed by atoms with Crippen LogP contribution in [0.25, 0.3) is 22.8 Å². The van der Waals surface area contributed by atoms with Crippen LogP contribution in [0.3, 0.4) is 0 Å². The molecule has 0 aliphatic rings. The number of benzene rings is 3. The summed E-state index contributed by atoms with van der Waals surface area (Å²) in [4.78, 5) is 24.4. The highest BCUT2D eigenvalue weighted by atomic mass is 35.5. The van der Waals surface area contributed by atoms with E-state index >= 15 is 0 Å². The van der Waals surface area contributed by atoms with Gasteiger partial charge in [-0.1, -0.05) is 17.7 Å². The Labute approximate surface area is 199 Å². The van der Waals surface area contributed by atoms with Crippen LogP contribution in [0, 0.1) is 17.0 Å². The molecular formula is C24H20ClN5O4. The quantitative estimate of drug-likeness (QED) is 0.218. The molecule has 0 spiro atoms. The summed E-state index contributed by atoms with van der Waals surface area (Å²) in [6.45, 7) is 4.37. The van der Waals surface area contributed by atoms with E-state index in [9.17, 15) is 14.9 Å². The van der Waals surface area contributed by atoms with Gasteiger partial charge in [0.05, 0.1) is 17.2 Å². The summed E-state index contributed by atoms with van der Waals surface area (Å²) >= 11 is 5.82. The molecule has 10 heteroatoms. The van der Waals surface area contributed by atoms with Crippen molar-refractivity contribution in [3.05, 3.63) is 86.9 Å². The number of nitro groups is 1. The van der Waals surface area contributed by atoms with Crippen molar-refractivity contribution >= 4 is 46.0 Å². The molecule has 0 saturated heterocycles. The Morgan fingerprint density at radius 3 is 2.53 bits per heavy atom. The van der Waals surface area contributed by atoms with E-state index in [0.29, 0.717) is 28.9 Å². The van der Waals surface area contributed by atoms with Crippen LogP contribution in [0.2, 0.25) is 5.02 Å². The number of ether oxygens (including phenoxy) is 1. The van der Waals surface area contributed by atoms with Gasteiger partial charge in [0.15, 0.2) is 0 Å². The van der Waals surface area contributed by atoms with Gasteiger partial charge in [-0.3, -0.25) is 14.9 Å². The van der Waals surface area contributed by atoms with Crippen LogP contribution in [-0.2, 0) is 4.79 Å². The second-order valence-electron chi connectivity index (χ2n) is 7.36. The number of halogens is 1. The van der Waals surface area contributed by atoms with Crippen LogP contribution in [0.4, 0.5) is 11.4 Å². The molecule has 0 bridgehead atoms. The van der Waals surface area contributed by atoms with Gasteiger partial charge in [0.25, 0.3) is 5.69 Å². The smallest absolute Gasteiger partial charge is 0.288 e. The molecule has 9 nitrogen and oxygen atoms in total. The van der Waals surface area contributed by atoms with Gasteiger partial charge in [0.2, 0.25) is 5.91 Å². The molecule has 0 atom stereocenters. The Balaban J connectivity index is 1.52. The summed E-state index contributed by atoms with van der Waals surface area (Å²) in [6.07, 6.45) is 2.78. The summed E-state index contributed by atoms with van der Waals surface area (Å²) in [5.41, 5.74) is 3.75. The Bertz CT molecular complexity index is 1410. The minimum absolute atomic E-state index is 0.0359. The highest BCUT2D eigenvalue weighted by molar-refractivity contribution is 6.32. The number of carbonyl (C=O) groups is 1. The normalized spacial score (nSPS) is 11.1. The lowest BCUT2D eigenvalue weighted by atomic mass is 10.1. The number of fused-ring (bicyclic) bond motifs is 1. The van der Waals surface area contributed by atoms with Crippen molar-refractivity contribution in [2.24, 2.45) is 0 Å². The van der Waals surface area contributed by atoms with Crippen molar-refractivity contribution in [1.29, 1.82) is 0 Å². The van der Waals surface area contributed by atoms with E-state index in [1.807, 2.05) is 44.2 Å². The SMILES string of the molecule is CCOc1ccc(-n2nc3cc(C)c(NC(=O)/C=C/c4ccc(Cl)c([N+](=O)[O-])c4)cc3n2)cc1. The molecule has 3 aromatic carbocycles. The van der Waals surface area contributed by atoms with Gasteiger partial charge in [0, 0.05) is 17.8 Å². The molecule has 0 unspecified atom stereocenters. The predicted octanol–water partition coefficient (Wildman–Crippen LogP) is 5.34. The van der Waals surface area contributed by atoms with Crippen LogP contribution in [0.15, 0.2) is 60.7 Å². The van der Waals surface area contributed by atoms with Crippen LogP contribution < -0.4 is 10.1 Å². The Kier molecular flexibility index (Phi) is 6.55. The van der Waals surface area contributed by atoms with E-state index in [2.05, 4.69) is 15.5 Å². The lowest BCUT2D eigenvalue weighted by Gasteiger charge is -2.05. The molecule has 34 heavy (non-hydrogen) atoms. The predicted molar refractivity (Wildman–Crippen MR) is 131 cm³/mol. The number of nitrogens with one attached hydrogen (secondary N) is 1. The zero-order valence-electron chi connectivity index (χ0n) is 18.4. The van der Waals surface area contributed by atoms with Crippen molar-refractivity contribution in [1.82, 2.24) is 15.0 Å². The van der Waals surface area contributed by atoms with E-state index in [1.165, 1.54) is 29.1 Å². The van der Waals surface area contributed by atoms with Gasteiger partial charge >= 0.3 is 0 Å². The van der Waals surface area contributed by atoms with Gasteiger partial charge < -0.3 is 10.1 Å². The lowest BCUT2D eigenvalue weighted by Crippen LogP contribution is -2.09. The highest BCUT2D eigenvalue weighted by Crippen LogP contribution is 2.26. The van der Waals surface area contributed by atoms with E-state index in [4.69, 9.17) is 16.3 Å². The van der Waals surface area contributed by atoms with Gasteiger partial charge in [-0.05, 0) is 73.5 Å². The molecule has 0 aliphatic carbocycles. The van der Waals surface area contributed by atoms with Gasteiger partial charge in [0.1, 0.15) is 21.8 Å². The molecule has 1 aromatic heterocycles. The number of nitrogens with zero attached hydrogens (tertiary/aromatic N) is 4. The molecule has 1 heterocycles. The highest BCUT2D eigenvalue weighted by Gasteiger charge is 2.13. The average molecular weight is 478 g/mol. The fourth-order valence-corrected chi connectivity index (χ4v) is 3.47. The molecule has 1 N–H and O–H groups in total. The molecule has 1 amide bonds. The maximum atomic E-state index is 12.5. The third-order valence-corrected chi connectivity index (χ3v) is 5.28. The first-order valence-electron chi connectivity index (χ1n) is 10.4. The van der Waals surface area contributed by atoms with E-state index in [1.54, 1.807) is 12.1 Å². The zero-order valence-corrected chi connectivity index (χ0v) is 19.1. The van der Waals surface area contributed by atoms with Gasteiger partial charge in [-0.2, -0.15) is 4.80 Å². The number of aryl methyl sites for hydroxylation is 1. The number of rotatable bonds is 7. The third-order valence-electron chi connectivity index (χ3n) is 4.96. The summed E-state index contributed by atoms with van der Waals surface area (Å²) in [5, 5.41) is 22.9. The minimum Gasteiger partial charge on any atom is -0.494 e. The lowest BCUT2D eigenvalue weighted by molar-refractivity contribution is -0.384. The monoisotopic (exact) mass is 477 g/mol. The average Bonchev–Trinajstić information content (AvgIpc) is 3.22. The van der Waals surface area contributed by atoms with E-state index in [0.717, 1.165) is 17.0 Å². The minimum atomic E-state index is -0.571. The van der Waals surface area contributed by atoms with Crippen molar-refractivity contribution in [2.75, 3.05) is 11.9 Å². The van der Waals surface area contributed by atoms with Crippen molar-refractivity contribution < 1.29 is 14.5 Å². The zero-order chi connectivity index (χ0) is 24.2. The molecular weight excluding hydrogens is 458 g/mol. The summed E-state index contributed by atoms with van der Waals surface area (Å²) in [6, 6.07) is 15.4. The first kappa shape index (κ1) is 22.9. The summed E-state index contributed by atoms with van der Waals surface area (Å²) in [7, 11) is 0. The maximum Gasteiger partial charge on any atom is 0.288 e. The Morgan fingerprint density at radius 2 is 1.85 bits per heavy atom. The molecule has 0 saturated carbocycles. The number of hydrogen-bond donors (Lipinski definition) is 1. The van der Waals surface area contributed by atoms with Crippen LogP contribution >= 0.6 is 11.6 Å². The first-order valence-corrected chi connectivity index (χ1v) is 10.8. The first-order chi connectivity index (χ1) is 16.3. The van der Waals surface area contributed by atoms with E-state index < -0.39 is 4.92 Å². The molecule has 0 aliphatic heterocycles. The summed E-state index contributed by atoms with van der Waals surface area (Å²) < 4.78 is 5.46. The van der Waals surface area contributed by atoms with Gasteiger partial charge in [-0.15, -0.1) is 10.2 Å². The van der Waals surface area contributed by atoms with E-state index in [-0.39, 0.29) is 16.6 Å². The van der Waals surface area contributed by atoms with Gasteiger partial charge in [-0.25, -0.2) is 0 Å². The van der Waals surface area contributed by atoms with Crippen molar-refractivity contribution in [3.63, 3.8) is 0 Å². The van der Waals surface area contributed by atoms with Crippen LogP contribution in [-0.4, -0.2) is 32.4 Å². The van der Waals surface area contributed by atoms with Crippen molar-refractivity contribution in [2.45, 2.75) is 13.8 Å². The molecule has 172 valence electrons. The maximum absolute atomic E-state index is 12.5. The fraction of sp³-hybridized carbons (Fsp3) is 0.125. The Hall–Kier alpha value is -4.24. The van der Waals surface area contributed by atoms with Crippen LogP contribution in [0.1, 0.15) is 18.1 Å². The summed E-state index contributed by atoms with van der Waals surface area (Å²) in [5.74, 6) is 0.379. The van der Waals surface area contributed by atoms with Crippen molar-refractivity contribution in [3.8, 4) is 11.4 Å². The van der Waals surface area contributed by atoms with Crippen LogP contribution in [0.5, 0.6) is 5.75 Å². The fourth-order valence-electron chi connectivity index (χ4n) is 3.28. The number of hydrogen-bond acceptors (Lipinski definition) is 6.